The van der Waals surface area contributed by atoms with Gasteiger partial charge < -0.3 is 9.47 Å². The first-order chi connectivity index (χ1) is 9.71. The van der Waals surface area contributed by atoms with Gasteiger partial charge in [-0.1, -0.05) is 40.2 Å². The zero-order chi connectivity index (χ0) is 13.7. The van der Waals surface area contributed by atoms with Crippen molar-refractivity contribution in [1.29, 1.82) is 0 Å². The maximum Gasteiger partial charge on any atom is 0.205 e. The van der Waals surface area contributed by atoms with Crippen LogP contribution in [0.5, 0.6) is 5.75 Å². The number of benzene rings is 2. The monoisotopic (exact) mass is 330 g/mol. The molecule has 4 rings (SSSR count). The van der Waals surface area contributed by atoms with E-state index in [0.29, 0.717) is 11.3 Å². The van der Waals surface area contributed by atoms with Gasteiger partial charge in [0, 0.05) is 4.47 Å². The summed E-state index contributed by atoms with van der Waals surface area (Å²) in [5.74, 6) is 0.667. The molecule has 1 saturated heterocycles. The van der Waals surface area contributed by atoms with Crippen LogP contribution in [0, 0.1) is 0 Å². The number of ether oxygens (including phenoxy) is 2. The maximum atomic E-state index is 12.6. The number of ketones is 1. The Bertz CT molecular complexity index is 695. The first-order valence-electron chi connectivity index (χ1n) is 6.41. The molecular weight excluding hydrogens is 320 g/mol. The zero-order valence-corrected chi connectivity index (χ0v) is 12.1. The summed E-state index contributed by atoms with van der Waals surface area (Å²) in [7, 11) is 0. The van der Waals surface area contributed by atoms with Gasteiger partial charge in [-0.25, -0.2) is 0 Å². The third-order valence-corrected chi connectivity index (χ3v) is 4.35. The van der Waals surface area contributed by atoms with Crippen LogP contribution < -0.4 is 4.74 Å². The van der Waals surface area contributed by atoms with Crippen molar-refractivity contribution in [2.45, 2.75) is 11.7 Å². The summed E-state index contributed by atoms with van der Waals surface area (Å²) in [5, 5.41) is 0. The number of para-hydroxylation sites is 1. The summed E-state index contributed by atoms with van der Waals surface area (Å²) in [6.07, 6.45) is -0.212. The molecule has 0 saturated carbocycles. The number of carbonyl (C=O) groups excluding carboxylic acids is 1. The number of halogens is 1. The fraction of sp³-hybridized carbons (Fsp3) is 0.188. The first kappa shape index (κ1) is 12.1. The number of carbonyl (C=O) groups is 1. The van der Waals surface area contributed by atoms with E-state index in [1.54, 1.807) is 6.07 Å². The zero-order valence-electron chi connectivity index (χ0n) is 10.5. The Morgan fingerprint density at radius 1 is 1.10 bits per heavy atom. The van der Waals surface area contributed by atoms with Crippen molar-refractivity contribution >= 4 is 21.7 Å². The largest absolute Gasteiger partial charge is 0.489 e. The lowest BCUT2D eigenvalue weighted by Crippen LogP contribution is -2.37. The molecule has 0 N–H and O–H groups in total. The minimum absolute atomic E-state index is 0.0206. The third kappa shape index (κ3) is 1.65. The van der Waals surface area contributed by atoms with E-state index in [-0.39, 0.29) is 18.5 Å². The van der Waals surface area contributed by atoms with Gasteiger partial charge in [-0.2, -0.15) is 0 Å². The fourth-order valence-electron chi connectivity index (χ4n) is 2.69. The second-order valence-electron chi connectivity index (χ2n) is 5.05. The summed E-state index contributed by atoms with van der Waals surface area (Å²) >= 11 is 3.40. The average Bonchev–Trinajstić information content (AvgIpc) is 3.20. The number of fused-ring (bicyclic) bond motifs is 1. The third-order valence-electron chi connectivity index (χ3n) is 3.83. The summed E-state index contributed by atoms with van der Waals surface area (Å²) in [5.41, 5.74) is 0.783. The predicted molar refractivity (Wildman–Crippen MR) is 77.0 cm³/mol. The van der Waals surface area contributed by atoms with Gasteiger partial charge in [0.1, 0.15) is 18.5 Å². The molecule has 0 aromatic heterocycles. The molecule has 2 heterocycles. The molecule has 1 spiro atoms. The standard InChI is InChI=1S/C16H11BrO3/c17-11-7-5-10(6-8-11)15-16(20-15)9-19-13-4-2-1-3-12(13)14(16)18/h1-8,15H,9H2/t15-,16-/m0/s1. The molecule has 20 heavy (non-hydrogen) atoms. The SMILES string of the molecule is O=C1c2ccccc2OC[C@]12O[C@H]2c1ccc(Br)cc1. The Labute approximate surface area is 124 Å². The molecule has 0 aliphatic carbocycles. The fourth-order valence-corrected chi connectivity index (χ4v) is 2.96. The van der Waals surface area contributed by atoms with Crippen LogP contribution in [0.2, 0.25) is 0 Å². The molecule has 2 aliphatic heterocycles. The Hall–Kier alpha value is -1.65. The lowest BCUT2D eigenvalue weighted by atomic mass is 9.89. The molecule has 100 valence electrons. The Morgan fingerprint density at radius 2 is 1.85 bits per heavy atom. The van der Waals surface area contributed by atoms with Gasteiger partial charge in [0.15, 0.2) is 5.60 Å². The summed E-state index contributed by atoms with van der Waals surface area (Å²) in [4.78, 5) is 12.6. The number of hydrogen-bond donors (Lipinski definition) is 0. The number of Topliss-reactive ketones (excluding diaryl/α,β-unsaturated/α-hetero) is 1. The molecule has 0 unspecified atom stereocenters. The van der Waals surface area contributed by atoms with Crippen molar-refractivity contribution in [3.63, 3.8) is 0 Å². The van der Waals surface area contributed by atoms with Crippen LogP contribution in [-0.4, -0.2) is 18.0 Å². The average molecular weight is 331 g/mol. The van der Waals surface area contributed by atoms with E-state index >= 15 is 0 Å². The Balaban J connectivity index is 1.69. The number of hydrogen-bond acceptors (Lipinski definition) is 3. The second kappa shape index (κ2) is 4.17. The Morgan fingerprint density at radius 3 is 2.65 bits per heavy atom. The van der Waals surface area contributed by atoms with Crippen molar-refractivity contribution in [3.8, 4) is 5.75 Å². The van der Waals surface area contributed by atoms with Crippen LogP contribution >= 0.6 is 15.9 Å². The van der Waals surface area contributed by atoms with Crippen LogP contribution in [0.1, 0.15) is 22.0 Å². The van der Waals surface area contributed by atoms with E-state index in [9.17, 15) is 4.79 Å². The van der Waals surface area contributed by atoms with Crippen LogP contribution in [0.15, 0.2) is 53.0 Å². The van der Waals surface area contributed by atoms with E-state index in [1.807, 2.05) is 42.5 Å². The van der Waals surface area contributed by atoms with Gasteiger partial charge in [0.2, 0.25) is 5.78 Å². The van der Waals surface area contributed by atoms with E-state index in [2.05, 4.69) is 15.9 Å². The normalized spacial score (nSPS) is 27.1. The van der Waals surface area contributed by atoms with Gasteiger partial charge in [-0.3, -0.25) is 4.79 Å². The van der Waals surface area contributed by atoms with Crippen LogP contribution in [-0.2, 0) is 4.74 Å². The molecule has 4 heteroatoms. The molecule has 2 aromatic carbocycles. The quantitative estimate of drug-likeness (QED) is 0.751. The summed E-state index contributed by atoms with van der Waals surface area (Å²) in [6, 6.07) is 15.2. The highest BCUT2D eigenvalue weighted by Gasteiger charge is 2.65. The number of epoxide rings is 1. The van der Waals surface area contributed by atoms with Gasteiger partial charge in [-0.05, 0) is 29.8 Å². The van der Waals surface area contributed by atoms with Gasteiger partial charge in [0.05, 0.1) is 5.56 Å². The van der Waals surface area contributed by atoms with Crippen molar-refractivity contribution in [1.82, 2.24) is 0 Å². The van der Waals surface area contributed by atoms with Crippen LogP contribution in [0.4, 0.5) is 0 Å². The molecule has 2 atom stereocenters. The summed E-state index contributed by atoms with van der Waals surface area (Å²) < 4.78 is 12.4. The minimum atomic E-state index is -0.831. The highest BCUT2D eigenvalue weighted by Crippen LogP contribution is 2.54. The van der Waals surface area contributed by atoms with Crippen molar-refractivity contribution in [3.05, 3.63) is 64.1 Å². The van der Waals surface area contributed by atoms with Gasteiger partial charge in [0.25, 0.3) is 0 Å². The minimum Gasteiger partial charge on any atom is -0.489 e. The second-order valence-corrected chi connectivity index (χ2v) is 5.97. The lowest BCUT2D eigenvalue weighted by molar-refractivity contribution is 0.0755. The number of rotatable bonds is 1. The molecule has 2 aliphatic rings. The smallest absolute Gasteiger partial charge is 0.205 e. The van der Waals surface area contributed by atoms with Crippen molar-refractivity contribution in [2.75, 3.05) is 6.61 Å². The van der Waals surface area contributed by atoms with E-state index in [1.165, 1.54) is 0 Å². The summed E-state index contributed by atoms with van der Waals surface area (Å²) in [6.45, 7) is 0.281. The first-order valence-corrected chi connectivity index (χ1v) is 7.20. The van der Waals surface area contributed by atoms with E-state index < -0.39 is 5.60 Å². The maximum absolute atomic E-state index is 12.6. The van der Waals surface area contributed by atoms with E-state index in [0.717, 1.165) is 10.0 Å². The van der Waals surface area contributed by atoms with Crippen molar-refractivity contribution < 1.29 is 14.3 Å². The molecule has 1 fully saturated rings. The predicted octanol–water partition coefficient (Wildman–Crippen LogP) is 3.53. The topological polar surface area (TPSA) is 38.8 Å². The molecule has 3 nitrogen and oxygen atoms in total. The molecule has 0 radical (unpaired) electrons. The molecule has 0 amide bonds. The lowest BCUT2D eigenvalue weighted by Gasteiger charge is -2.21. The highest BCUT2D eigenvalue weighted by atomic mass is 79.9. The van der Waals surface area contributed by atoms with Crippen LogP contribution in [0.25, 0.3) is 0 Å². The van der Waals surface area contributed by atoms with Crippen molar-refractivity contribution in [2.24, 2.45) is 0 Å². The molecule has 0 bridgehead atoms. The van der Waals surface area contributed by atoms with E-state index in [4.69, 9.17) is 9.47 Å². The van der Waals surface area contributed by atoms with Gasteiger partial charge >= 0.3 is 0 Å². The highest BCUT2D eigenvalue weighted by molar-refractivity contribution is 9.10. The Kier molecular flexibility index (Phi) is 2.53. The molecular formula is C16H11BrO3. The van der Waals surface area contributed by atoms with Gasteiger partial charge in [-0.15, -0.1) is 0 Å². The van der Waals surface area contributed by atoms with Crippen LogP contribution in [0.3, 0.4) is 0 Å². The molecule has 2 aromatic rings.